The van der Waals surface area contributed by atoms with Crippen LogP contribution in [0.15, 0.2) is 54.6 Å². The van der Waals surface area contributed by atoms with E-state index in [0.717, 1.165) is 87.6 Å². The Morgan fingerprint density at radius 3 is 2.54 bits per heavy atom. The summed E-state index contributed by atoms with van der Waals surface area (Å²) in [6, 6.07) is 18.5. The van der Waals surface area contributed by atoms with Crippen LogP contribution in [0.1, 0.15) is 127 Å². The number of carbonyl (C=O) groups is 1. The predicted molar refractivity (Wildman–Crippen MR) is 195 cm³/mol. The molecule has 0 aliphatic heterocycles. The van der Waals surface area contributed by atoms with E-state index in [1.54, 1.807) is 13.0 Å². The highest BCUT2D eigenvalue weighted by Gasteiger charge is 2.59. The highest BCUT2D eigenvalue weighted by atomic mass is 19.1. The summed E-state index contributed by atoms with van der Waals surface area (Å²) in [5.41, 5.74) is 4.19. The largest absolute Gasteiger partial charge is 0.508 e. The van der Waals surface area contributed by atoms with E-state index in [4.69, 9.17) is 0 Å². The molecule has 0 aromatic heterocycles. The molecule has 4 nitrogen and oxygen atoms in total. The third-order valence-electron chi connectivity index (χ3n) is 12.7. The molecule has 3 aromatic rings. The van der Waals surface area contributed by atoms with Gasteiger partial charge in [0.25, 0.3) is 0 Å². The van der Waals surface area contributed by atoms with Crippen LogP contribution in [0.4, 0.5) is 10.1 Å². The molecule has 2 N–H and O–H groups in total. The molecular weight excluding hydrogens is 597 g/mol. The number of aromatic hydroxyl groups is 1. The Balaban J connectivity index is 1.15. The topological polar surface area (TPSA) is 60.8 Å². The number of benzene rings is 3. The molecule has 48 heavy (non-hydrogen) atoms. The molecule has 0 saturated heterocycles. The van der Waals surface area contributed by atoms with Gasteiger partial charge in [0.05, 0.1) is 6.10 Å². The number of halogens is 1. The van der Waals surface area contributed by atoms with Gasteiger partial charge in [-0.1, -0.05) is 95.2 Å². The average molecular weight is 656 g/mol. The molecule has 1 amide bonds. The van der Waals surface area contributed by atoms with Crippen molar-refractivity contribution in [2.24, 2.45) is 23.2 Å². The molecule has 0 spiro atoms. The van der Waals surface area contributed by atoms with Gasteiger partial charge < -0.3 is 15.1 Å². The smallest absolute Gasteiger partial charge is 0.223 e. The Bertz CT molecular complexity index is 1550. The first-order valence-electron chi connectivity index (χ1n) is 19.2. The number of nitrogens with zero attached hydrogens (tertiary/aromatic N) is 1. The molecule has 6 rings (SSSR count). The van der Waals surface area contributed by atoms with Crippen LogP contribution in [0, 0.1) is 23.2 Å². The molecule has 5 heteroatoms. The highest BCUT2D eigenvalue weighted by Crippen LogP contribution is 2.63. The first-order valence-corrected chi connectivity index (χ1v) is 19.2. The number of phenols is 1. The molecule has 3 unspecified atom stereocenters. The minimum atomic E-state index is -0.972. The molecule has 7 atom stereocenters. The minimum absolute atomic E-state index is 0.112. The van der Waals surface area contributed by atoms with Crippen molar-refractivity contribution in [2.45, 2.75) is 135 Å². The second-order valence-corrected chi connectivity index (χ2v) is 15.7. The van der Waals surface area contributed by atoms with E-state index >= 15 is 4.39 Å². The van der Waals surface area contributed by atoms with E-state index in [0.29, 0.717) is 18.3 Å². The van der Waals surface area contributed by atoms with E-state index in [1.165, 1.54) is 42.0 Å². The Morgan fingerprint density at radius 2 is 1.73 bits per heavy atom. The van der Waals surface area contributed by atoms with Gasteiger partial charge in [-0.2, -0.15) is 0 Å². The summed E-state index contributed by atoms with van der Waals surface area (Å²) in [6.07, 6.45) is 14.0. The van der Waals surface area contributed by atoms with Crippen molar-refractivity contribution in [3.63, 3.8) is 0 Å². The predicted octanol–water partition coefficient (Wildman–Crippen LogP) is 10.5. The first kappa shape index (κ1) is 34.9. The summed E-state index contributed by atoms with van der Waals surface area (Å²) in [4.78, 5) is 15.0. The fourth-order valence-electron chi connectivity index (χ4n) is 10.3. The Kier molecular flexibility index (Phi) is 11.1. The zero-order chi connectivity index (χ0) is 33.8. The summed E-state index contributed by atoms with van der Waals surface area (Å²) in [5, 5.41) is 23.8. The molecule has 2 saturated carbocycles. The lowest BCUT2D eigenvalue weighted by Crippen LogP contribution is -2.51. The Morgan fingerprint density at radius 1 is 0.958 bits per heavy atom. The van der Waals surface area contributed by atoms with Crippen molar-refractivity contribution >= 4 is 22.4 Å². The monoisotopic (exact) mass is 655 g/mol. The quantitative estimate of drug-likeness (QED) is 0.170. The van der Waals surface area contributed by atoms with Crippen LogP contribution in [0.5, 0.6) is 5.75 Å². The SMILES string of the molecule is CCCCCCCCN(C(C)=O)c1ccc2ccccc2c1CCCCC[C@@H]1Cc2cc(O)ccc2C2C1C1CC[C@H](O)[C@@]1(C)C[C@@H]2F. The van der Waals surface area contributed by atoms with E-state index in [9.17, 15) is 15.0 Å². The molecule has 0 heterocycles. The fraction of sp³-hybridized carbons (Fsp3) is 0.605. The van der Waals surface area contributed by atoms with Crippen LogP contribution in [-0.4, -0.2) is 34.9 Å². The molecule has 0 bridgehead atoms. The van der Waals surface area contributed by atoms with Gasteiger partial charge in [0.2, 0.25) is 5.91 Å². The normalized spacial score (nSPS) is 27.8. The maximum absolute atomic E-state index is 16.2. The van der Waals surface area contributed by atoms with Crippen molar-refractivity contribution < 1.29 is 19.4 Å². The number of aryl methyl sites for hydroxylation is 1. The van der Waals surface area contributed by atoms with E-state index in [2.05, 4.69) is 50.2 Å². The van der Waals surface area contributed by atoms with E-state index in [1.807, 2.05) is 17.0 Å². The minimum Gasteiger partial charge on any atom is -0.508 e. The van der Waals surface area contributed by atoms with E-state index in [-0.39, 0.29) is 28.9 Å². The third kappa shape index (κ3) is 7.04. The van der Waals surface area contributed by atoms with Crippen molar-refractivity contribution in [3.05, 3.63) is 71.3 Å². The van der Waals surface area contributed by atoms with Gasteiger partial charge in [-0.05, 0) is 120 Å². The number of carbonyl (C=O) groups excluding carboxylic acids is 1. The van der Waals surface area contributed by atoms with Crippen molar-refractivity contribution in [1.82, 2.24) is 0 Å². The zero-order valence-corrected chi connectivity index (χ0v) is 29.6. The van der Waals surface area contributed by atoms with E-state index < -0.39 is 12.3 Å². The first-order chi connectivity index (χ1) is 23.2. The lowest BCUT2D eigenvalue weighted by atomic mass is 9.51. The molecule has 2 fully saturated rings. The van der Waals surface area contributed by atoms with Crippen LogP contribution < -0.4 is 4.90 Å². The summed E-state index contributed by atoms with van der Waals surface area (Å²) in [7, 11) is 0. The van der Waals surface area contributed by atoms with Crippen LogP contribution in [0.2, 0.25) is 0 Å². The van der Waals surface area contributed by atoms with Crippen molar-refractivity contribution in [2.75, 3.05) is 11.4 Å². The second-order valence-electron chi connectivity index (χ2n) is 15.7. The summed E-state index contributed by atoms with van der Waals surface area (Å²) in [5.74, 6) is 1.13. The molecule has 0 radical (unpaired) electrons. The van der Waals surface area contributed by atoms with Gasteiger partial charge >= 0.3 is 0 Å². The van der Waals surface area contributed by atoms with Gasteiger partial charge in [-0.15, -0.1) is 0 Å². The number of rotatable bonds is 14. The number of amides is 1. The second kappa shape index (κ2) is 15.3. The van der Waals surface area contributed by atoms with Gasteiger partial charge in [0.15, 0.2) is 0 Å². The number of alkyl halides is 1. The van der Waals surface area contributed by atoms with Gasteiger partial charge in [0, 0.05) is 25.1 Å². The molecular formula is C43H58FNO3. The summed E-state index contributed by atoms with van der Waals surface area (Å²) in [6.45, 7) is 6.84. The van der Waals surface area contributed by atoms with Crippen LogP contribution in [-0.2, 0) is 17.6 Å². The Labute approximate surface area is 288 Å². The van der Waals surface area contributed by atoms with Gasteiger partial charge in [-0.25, -0.2) is 4.39 Å². The third-order valence-corrected chi connectivity index (χ3v) is 12.7. The zero-order valence-electron chi connectivity index (χ0n) is 29.6. The maximum atomic E-state index is 16.2. The maximum Gasteiger partial charge on any atom is 0.223 e. The molecule has 3 aliphatic carbocycles. The summed E-state index contributed by atoms with van der Waals surface area (Å²) >= 11 is 0. The standard InChI is InChI=1S/C43H58FNO3/c1-4-5-6-7-8-14-25-45(29(2)46)39-23-19-30-15-12-13-17-34(30)36(39)18-11-9-10-16-31-26-32-27-33(47)20-21-35(32)42-38(44)28-43(3)37(41(31)42)22-24-40(43)48/h12-13,15,17,19-21,23,27,31,37-38,40-42,47-48H,4-11,14,16,18,22,24-26,28H2,1-3H3/t31-,37?,38+,40+,41?,42?,43+/m1/s1. The van der Waals surface area contributed by atoms with Crippen molar-refractivity contribution in [3.8, 4) is 5.75 Å². The number of fused-ring (bicyclic) bond motifs is 6. The van der Waals surface area contributed by atoms with Crippen LogP contribution in [0.3, 0.4) is 0 Å². The van der Waals surface area contributed by atoms with Gasteiger partial charge in [-0.3, -0.25) is 4.79 Å². The van der Waals surface area contributed by atoms with Crippen LogP contribution in [0.25, 0.3) is 10.8 Å². The van der Waals surface area contributed by atoms with Gasteiger partial charge in [0.1, 0.15) is 11.9 Å². The number of phenolic OH excluding ortho intramolecular Hbond substituents is 1. The number of aliphatic hydroxyl groups excluding tert-OH is 1. The highest BCUT2D eigenvalue weighted by molar-refractivity contribution is 5.98. The fourth-order valence-corrected chi connectivity index (χ4v) is 10.3. The lowest BCUT2D eigenvalue weighted by molar-refractivity contribution is -0.116. The molecule has 3 aliphatic rings. The summed E-state index contributed by atoms with van der Waals surface area (Å²) < 4.78 is 16.2. The molecule has 260 valence electrons. The number of hydrogen-bond donors (Lipinski definition) is 2. The number of unbranched alkanes of at least 4 members (excludes halogenated alkanes) is 7. The lowest BCUT2D eigenvalue weighted by Gasteiger charge is -2.54. The number of aliphatic hydroxyl groups is 1. The Hall–Kier alpha value is -2.92. The number of hydrogen-bond acceptors (Lipinski definition) is 3. The molecule has 3 aromatic carbocycles. The van der Waals surface area contributed by atoms with Crippen molar-refractivity contribution in [1.29, 1.82) is 0 Å². The average Bonchev–Trinajstić information content (AvgIpc) is 3.36. The van der Waals surface area contributed by atoms with Crippen LogP contribution >= 0.6 is 0 Å². The number of anilines is 1.